The molecular weight excluding hydrogens is 354 g/mol. The number of benzene rings is 2. The summed E-state index contributed by atoms with van der Waals surface area (Å²) < 4.78 is 5.42. The van der Waals surface area contributed by atoms with Crippen molar-refractivity contribution in [2.24, 2.45) is 0 Å². The van der Waals surface area contributed by atoms with Crippen LogP contribution in [0.4, 0.5) is 11.4 Å². The molecule has 6 heteroatoms. The quantitative estimate of drug-likeness (QED) is 0.831. The lowest BCUT2D eigenvalue weighted by Gasteiger charge is -2.36. The fraction of sp³-hybridized carbons (Fsp3) is 0.364. The zero-order valence-electron chi connectivity index (χ0n) is 16.9. The molecule has 1 N–H and O–H groups in total. The zero-order valence-corrected chi connectivity index (χ0v) is 16.9. The van der Waals surface area contributed by atoms with Crippen molar-refractivity contribution >= 4 is 23.2 Å². The highest BCUT2D eigenvalue weighted by atomic mass is 16.5. The van der Waals surface area contributed by atoms with Gasteiger partial charge in [0.2, 0.25) is 0 Å². The van der Waals surface area contributed by atoms with Crippen LogP contribution in [0.15, 0.2) is 36.4 Å². The van der Waals surface area contributed by atoms with Crippen LogP contribution in [0, 0.1) is 20.8 Å². The predicted octanol–water partition coefficient (Wildman–Crippen LogP) is 2.91. The minimum Gasteiger partial charge on any atom is -0.495 e. The van der Waals surface area contributed by atoms with Crippen molar-refractivity contribution in [2.75, 3.05) is 43.5 Å². The van der Waals surface area contributed by atoms with Crippen molar-refractivity contribution in [3.63, 3.8) is 0 Å². The number of rotatable bonds is 3. The third-order valence-corrected chi connectivity index (χ3v) is 5.10. The van der Waals surface area contributed by atoms with Crippen LogP contribution in [0.1, 0.15) is 16.7 Å². The van der Waals surface area contributed by atoms with Crippen LogP contribution in [0.5, 0.6) is 5.75 Å². The van der Waals surface area contributed by atoms with Crippen molar-refractivity contribution in [3.8, 4) is 5.75 Å². The van der Waals surface area contributed by atoms with Gasteiger partial charge in [0.25, 0.3) is 0 Å². The van der Waals surface area contributed by atoms with E-state index in [9.17, 15) is 9.59 Å². The Morgan fingerprint density at radius 1 is 0.964 bits per heavy atom. The lowest BCUT2D eigenvalue weighted by Crippen LogP contribution is -2.51. The molecule has 0 atom stereocenters. The first kappa shape index (κ1) is 19.7. The molecule has 1 saturated heterocycles. The number of ether oxygens (including phenoxy) is 1. The Morgan fingerprint density at radius 3 is 2.18 bits per heavy atom. The van der Waals surface area contributed by atoms with E-state index < -0.39 is 11.8 Å². The van der Waals surface area contributed by atoms with Gasteiger partial charge in [-0.1, -0.05) is 29.8 Å². The monoisotopic (exact) mass is 381 g/mol. The Balaban J connectivity index is 1.63. The lowest BCUT2D eigenvalue weighted by atomic mass is 10.1. The number of piperazine rings is 1. The van der Waals surface area contributed by atoms with E-state index in [1.807, 2.05) is 57.2 Å². The Kier molecular flexibility index (Phi) is 5.87. The summed E-state index contributed by atoms with van der Waals surface area (Å²) in [5, 5.41) is 2.80. The van der Waals surface area contributed by atoms with Crippen molar-refractivity contribution in [2.45, 2.75) is 20.8 Å². The van der Waals surface area contributed by atoms with Crippen LogP contribution < -0.4 is 15.0 Å². The fourth-order valence-electron chi connectivity index (χ4n) is 3.73. The highest BCUT2D eigenvalue weighted by molar-refractivity contribution is 6.39. The number of nitrogens with one attached hydrogen (secondary N) is 1. The first-order chi connectivity index (χ1) is 13.4. The van der Waals surface area contributed by atoms with E-state index in [4.69, 9.17) is 4.74 Å². The molecule has 0 radical (unpaired) electrons. The standard InChI is InChI=1S/C22H27N3O3/c1-15-13-16(2)20(17(3)14-15)23-21(26)22(27)25-11-9-24(10-12-25)18-7-5-6-8-19(18)28-4/h5-8,13-14H,9-12H2,1-4H3,(H,23,26). The van der Waals surface area contributed by atoms with Crippen molar-refractivity contribution in [1.82, 2.24) is 4.90 Å². The SMILES string of the molecule is COc1ccccc1N1CCN(C(=O)C(=O)Nc2c(C)cc(C)cc2C)CC1. The summed E-state index contributed by atoms with van der Waals surface area (Å²) in [7, 11) is 1.65. The first-order valence-electron chi connectivity index (χ1n) is 9.46. The van der Waals surface area contributed by atoms with Gasteiger partial charge in [-0.05, 0) is 44.0 Å². The molecule has 2 amide bonds. The van der Waals surface area contributed by atoms with E-state index >= 15 is 0 Å². The number of anilines is 2. The number of para-hydroxylation sites is 2. The number of hydrogen-bond donors (Lipinski definition) is 1. The smallest absolute Gasteiger partial charge is 0.313 e. The van der Waals surface area contributed by atoms with Crippen molar-refractivity contribution in [3.05, 3.63) is 53.1 Å². The van der Waals surface area contributed by atoms with Gasteiger partial charge >= 0.3 is 11.8 Å². The van der Waals surface area contributed by atoms with Gasteiger partial charge in [-0.3, -0.25) is 9.59 Å². The molecule has 0 aromatic heterocycles. The van der Waals surface area contributed by atoms with Crippen LogP contribution >= 0.6 is 0 Å². The number of aryl methyl sites for hydroxylation is 3. The van der Waals surface area contributed by atoms with E-state index in [1.165, 1.54) is 0 Å². The van der Waals surface area contributed by atoms with Crippen molar-refractivity contribution < 1.29 is 14.3 Å². The normalized spacial score (nSPS) is 14.0. The highest BCUT2D eigenvalue weighted by Gasteiger charge is 2.27. The molecule has 1 aliphatic heterocycles. The van der Waals surface area contributed by atoms with Gasteiger partial charge in [0.1, 0.15) is 5.75 Å². The van der Waals surface area contributed by atoms with E-state index in [1.54, 1.807) is 12.0 Å². The van der Waals surface area contributed by atoms with Gasteiger partial charge in [0.05, 0.1) is 12.8 Å². The largest absolute Gasteiger partial charge is 0.495 e. The highest BCUT2D eigenvalue weighted by Crippen LogP contribution is 2.28. The molecule has 28 heavy (non-hydrogen) atoms. The summed E-state index contributed by atoms with van der Waals surface area (Å²) >= 11 is 0. The van der Waals surface area contributed by atoms with Crippen LogP contribution in [0.25, 0.3) is 0 Å². The van der Waals surface area contributed by atoms with Gasteiger partial charge < -0.3 is 19.9 Å². The predicted molar refractivity (Wildman–Crippen MR) is 111 cm³/mol. The summed E-state index contributed by atoms with van der Waals surface area (Å²) in [5.41, 5.74) is 4.77. The Hall–Kier alpha value is -3.02. The second-order valence-electron chi connectivity index (χ2n) is 7.18. The number of methoxy groups -OCH3 is 1. The second-order valence-corrected chi connectivity index (χ2v) is 7.18. The zero-order chi connectivity index (χ0) is 20.3. The molecule has 1 fully saturated rings. The van der Waals surface area contributed by atoms with Crippen LogP contribution in [0.3, 0.4) is 0 Å². The average Bonchev–Trinajstić information content (AvgIpc) is 2.70. The molecular formula is C22H27N3O3. The summed E-state index contributed by atoms with van der Waals surface area (Å²) in [6.07, 6.45) is 0. The van der Waals surface area contributed by atoms with Crippen LogP contribution in [0.2, 0.25) is 0 Å². The van der Waals surface area contributed by atoms with E-state index in [-0.39, 0.29) is 0 Å². The van der Waals surface area contributed by atoms with Gasteiger partial charge in [-0.25, -0.2) is 0 Å². The molecule has 148 valence electrons. The summed E-state index contributed by atoms with van der Waals surface area (Å²) in [5.74, 6) is -0.259. The summed E-state index contributed by atoms with van der Waals surface area (Å²) in [6.45, 7) is 8.19. The first-order valence-corrected chi connectivity index (χ1v) is 9.46. The molecule has 0 aliphatic carbocycles. The number of amides is 2. The third kappa shape index (κ3) is 4.11. The molecule has 0 saturated carbocycles. The third-order valence-electron chi connectivity index (χ3n) is 5.10. The van der Waals surface area contributed by atoms with E-state index in [2.05, 4.69) is 10.2 Å². The Labute approximate surface area is 166 Å². The molecule has 1 heterocycles. The van der Waals surface area contributed by atoms with Gasteiger partial charge in [-0.15, -0.1) is 0 Å². The molecule has 0 unspecified atom stereocenters. The average molecular weight is 381 g/mol. The van der Waals surface area contributed by atoms with E-state index in [0.29, 0.717) is 26.2 Å². The number of carbonyl (C=O) groups is 2. The maximum Gasteiger partial charge on any atom is 0.313 e. The maximum atomic E-state index is 12.6. The lowest BCUT2D eigenvalue weighted by molar-refractivity contribution is -0.143. The molecule has 2 aromatic carbocycles. The number of carbonyl (C=O) groups excluding carboxylic acids is 2. The van der Waals surface area contributed by atoms with Gasteiger partial charge in [0.15, 0.2) is 0 Å². The molecule has 3 rings (SSSR count). The Bertz CT molecular complexity index is 863. The van der Waals surface area contributed by atoms with Crippen molar-refractivity contribution in [1.29, 1.82) is 0 Å². The second kappa shape index (κ2) is 8.33. The minimum absolute atomic E-state index is 0.487. The molecule has 0 bridgehead atoms. The molecule has 1 aliphatic rings. The van der Waals surface area contributed by atoms with Crippen LogP contribution in [-0.4, -0.2) is 50.0 Å². The molecule has 6 nitrogen and oxygen atoms in total. The van der Waals surface area contributed by atoms with Crippen LogP contribution in [-0.2, 0) is 9.59 Å². The maximum absolute atomic E-state index is 12.6. The summed E-state index contributed by atoms with van der Waals surface area (Å²) in [4.78, 5) is 28.9. The van der Waals surface area contributed by atoms with Gasteiger partial charge in [0, 0.05) is 31.9 Å². The Morgan fingerprint density at radius 2 is 1.57 bits per heavy atom. The fourth-order valence-corrected chi connectivity index (χ4v) is 3.73. The minimum atomic E-state index is -0.583. The number of hydrogen-bond acceptors (Lipinski definition) is 4. The topological polar surface area (TPSA) is 61.9 Å². The summed E-state index contributed by atoms with van der Waals surface area (Å²) in [6, 6.07) is 11.8. The number of nitrogens with zero attached hydrogens (tertiary/aromatic N) is 2. The molecule has 0 spiro atoms. The molecule has 2 aromatic rings. The van der Waals surface area contributed by atoms with Gasteiger partial charge in [-0.2, -0.15) is 0 Å². The van der Waals surface area contributed by atoms with E-state index in [0.717, 1.165) is 33.8 Å².